The molecule has 2 heterocycles. The number of hydrogen-bond acceptors (Lipinski definition) is 6. The van der Waals surface area contributed by atoms with E-state index in [9.17, 15) is 9.90 Å². The van der Waals surface area contributed by atoms with Crippen LogP contribution in [0.15, 0.2) is 12.4 Å². The fraction of sp³-hybridized carbons (Fsp3) is 0.688. The smallest absolute Gasteiger partial charge is 0.230 e. The van der Waals surface area contributed by atoms with E-state index in [0.29, 0.717) is 18.1 Å². The number of nitrogens with zero attached hydrogens (tertiary/aromatic N) is 2. The maximum Gasteiger partial charge on any atom is 0.230 e. The first-order chi connectivity index (χ1) is 10.9. The van der Waals surface area contributed by atoms with E-state index in [-0.39, 0.29) is 18.8 Å². The molecule has 1 saturated heterocycles. The number of anilines is 1. The Morgan fingerprint density at radius 1 is 1.43 bits per heavy atom. The van der Waals surface area contributed by atoms with Gasteiger partial charge in [0.25, 0.3) is 0 Å². The molecule has 0 aliphatic carbocycles. The highest BCUT2D eigenvalue weighted by molar-refractivity contribution is 5.93. The molecule has 2 unspecified atom stereocenters. The Morgan fingerprint density at radius 3 is 2.78 bits per heavy atom. The van der Waals surface area contributed by atoms with Gasteiger partial charge < -0.3 is 19.9 Å². The fourth-order valence-electron chi connectivity index (χ4n) is 2.00. The Labute approximate surface area is 136 Å². The fourth-order valence-corrected chi connectivity index (χ4v) is 2.00. The minimum Gasteiger partial charge on any atom is -0.384 e. The van der Waals surface area contributed by atoms with Crippen LogP contribution in [0.4, 0.5) is 5.82 Å². The van der Waals surface area contributed by atoms with Crippen LogP contribution < -0.4 is 5.32 Å². The van der Waals surface area contributed by atoms with Crippen LogP contribution in [0.1, 0.15) is 51.8 Å². The van der Waals surface area contributed by atoms with Gasteiger partial charge in [-0.05, 0) is 19.3 Å². The predicted octanol–water partition coefficient (Wildman–Crippen LogP) is 2.04. The maximum atomic E-state index is 11.9. The van der Waals surface area contributed by atoms with E-state index in [1.165, 1.54) is 12.4 Å². The summed E-state index contributed by atoms with van der Waals surface area (Å²) < 4.78 is 11.0. The summed E-state index contributed by atoms with van der Waals surface area (Å²) in [6, 6.07) is 0. The standard InChI is InChI=1S/C16H25N3O4/c1-16(2,3)15(21)19-13-9-17-11(8-18-13)12(20)10-23-14-6-4-5-7-22-14/h8-9,12,14,20H,4-7,10H2,1-3H3,(H,18,19,21). The third-order valence-corrected chi connectivity index (χ3v) is 3.51. The molecule has 0 saturated carbocycles. The molecule has 7 heteroatoms. The summed E-state index contributed by atoms with van der Waals surface area (Å²) in [7, 11) is 0. The van der Waals surface area contributed by atoms with Crippen molar-refractivity contribution in [2.75, 3.05) is 18.5 Å². The summed E-state index contributed by atoms with van der Waals surface area (Å²) in [5, 5.41) is 12.8. The zero-order chi connectivity index (χ0) is 16.9. The van der Waals surface area contributed by atoms with Crippen molar-refractivity contribution in [1.82, 2.24) is 9.97 Å². The van der Waals surface area contributed by atoms with E-state index in [4.69, 9.17) is 9.47 Å². The molecule has 0 spiro atoms. The van der Waals surface area contributed by atoms with Crippen LogP contribution in [0.2, 0.25) is 0 Å². The third kappa shape index (κ3) is 5.53. The molecular weight excluding hydrogens is 298 g/mol. The summed E-state index contributed by atoms with van der Waals surface area (Å²) in [4.78, 5) is 20.1. The molecule has 1 amide bonds. The quantitative estimate of drug-likeness (QED) is 0.861. The van der Waals surface area contributed by atoms with Gasteiger partial charge in [-0.15, -0.1) is 0 Å². The van der Waals surface area contributed by atoms with Gasteiger partial charge in [0.2, 0.25) is 5.91 Å². The zero-order valence-electron chi connectivity index (χ0n) is 13.9. The number of amides is 1. The van der Waals surface area contributed by atoms with Gasteiger partial charge in [-0.1, -0.05) is 20.8 Å². The SMILES string of the molecule is CC(C)(C)C(=O)Nc1cnc(C(O)COC2CCCCO2)cn1. The summed E-state index contributed by atoms with van der Waals surface area (Å²) in [5.41, 5.74) is -0.109. The van der Waals surface area contributed by atoms with Gasteiger partial charge >= 0.3 is 0 Å². The van der Waals surface area contributed by atoms with Gasteiger partial charge in [0.05, 0.1) is 24.7 Å². The molecule has 2 N–H and O–H groups in total. The van der Waals surface area contributed by atoms with Crippen molar-refractivity contribution in [3.63, 3.8) is 0 Å². The van der Waals surface area contributed by atoms with Crippen LogP contribution in [0.3, 0.4) is 0 Å². The van der Waals surface area contributed by atoms with E-state index in [2.05, 4.69) is 15.3 Å². The van der Waals surface area contributed by atoms with Crippen LogP contribution >= 0.6 is 0 Å². The summed E-state index contributed by atoms with van der Waals surface area (Å²) in [6.45, 7) is 6.26. The molecule has 1 fully saturated rings. The Balaban J connectivity index is 1.84. The van der Waals surface area contributed by atoms with E-state index >= 15 is 0 Å². The van der Waals surface area contributed by atoms with Crippen molar-refractivity contribution in [3.8, 4) is 0 Å². The molecular formula is C16H25N3O4. The zero-order valence-corrected chi connectivity index (χ0v) is 13.9. The number of rotatable bonds is 5. The van der Waals surface area contributed by atoms with Crippen molar-refractivity contribution in [3.05, 3.63) is 18.1 Å². The Kier molecular flexibility index (Phi) is 6.04. The van der Waals surface area contributed by atoms with Crippen molar-refractivity contribution in [1.29, 1.82) is 0 Å². The molecule has 0 radical (unpaired) electrons. The van der Waals surface area contributed by atoms with Crippen LogP contribution in [-0.2, 0) is 14.3 Å². The molecule has 1 aromatic rings. The number of aliphatic hydroxyl groups is 1. The van der Waals surface area contributed by atoms with E-state index in [1.54, 1.807) is 0 Å². The van der Waals surface area contributed by atoms with Crippen molar-refractivity contribution in [2.24, 2.45) is 5.41 Å². The van der Waals surface area contributed by atoms with E-state index in [1.807, 2.05) is 20.8 Å². The third-order valence-electron chi connectivity index (χ3n) is 3.51. The maximum absolute atomic E-state index is 11.9. The molecule has 0 aromatic carbocycles. The first-order valence-electron chi connectivity index (χ1n) is 7.91. The van der Waals surface area contributed by atoms with E-state index in [0.717, 1.165) is 19.3 Å². The Bertz CT molecular complexity index is 507. The van der Waals surface area contributed by atoms with Crippen LogP contribution in [0.5, 0.6) is 0 Å². The minimum absolute atomic E-state index is 0.104. The molecule has 1 aliphatic heterocycles. The summed E-state index contributed by atoms with van der Waals surface area (Å²) in [6.07, 6.45) is 4.71. The van der Waals surface area contributed by atoms with E-state index < -0.39 is 11.5 Å². The van der Waals surface area contributed by atoms with Crippen molar-refractivity contribution < 1.29 is 19.4 Å². The molecule has 7 nitrogen and oxygen atoms in total. The number of hydrogen-bond donors (Lipinski definition) is 2. The first kappa shape index (κ1) is 17.8. The highest BCUT2D eigenvalue weighted by Gasteiger charge is 2.22. The van der Waals surface area contributed by atoms with Crippen LogP contribution in [0.25, 0.3) is 0 Å². The van der Waals surface area contributed by atoms with Gasteiger partial charge in [-0.25, -0.2) is 4.98 Å². The van der Waals surface area contributed by atoms with Crippen molar-refractivity contribution in [2.45, 2.75) is 52.4 Å². The van der Waals surface area contributed by atoms with Crippen LogP contribution in [0, 0.1) is 5.41 Å². The monoisotopic (exact) mass is 323 g/mol. The first-order valence-corrected chi connectivity index (χ1v) is 7.91. The second-order valence-corrected chi connectivity index (χ2v) is 6.68. The molecule has 0 bridgehead atoms. The average Bonchev–Trinajstić information content (AvgIpc) is 2.53. The number of carbonyl (C=O) groups is 1. The molecule has 1 aromatic heterocycles. The van der Waals surface area contributed by atoms with Gasteiger partial charge in [0.15, 0.2) is 12.1 Å². The molecule has 2 atom stereocenters. The highest BCUT2D eigenvalue weighted by atomic mass is 16.7. The van der Waals surface area contributed by atoms with Crippen LogP contribution in [-0.4, -0.2) is 40.5 Å². The number of nitrogens with one attached hydrogen (secondary N) is 1. The van der Waals surface area contributed by atoms with Gasteiger partial charge in [0.1, 0.15) is 6.10 Å². The second-order valence-electron chi connectivity index (χ2n) is 6.68. The van der Waals surface area contributed by atoms with Gasteiger partial charge in [0, 0.05) is 12.0 Å². The lowest BCUT2D eigenvalue weighted by atomic mass is 9.96. The lowest BCUT2D eigenvalue weighted by Gasteiger charge is -2.23. The predicted molar refractivity (Wildman–Crippen MR) is 84.6 cm³/mol. The number of carbonyl (C=O) groups excluding carboxylic acids is 1. The number of aromatic nitrogens is 2. The molecule has 1 aliphatic rings. The summed E-state index contributed by atoms with van der Waals surface area (Å²) >= 11 is 0. The Hall–Kier alpha value is -1.57. The lowest BCUT2D eigenvalue weighted by molar-refractivity contribution is -0.176. The minimum atomic E-state index is -0.875. The normalized spacial score (nSPS) is 20.1. The Morgan fingerprint density at radius 2 is 2.22 bits per heavy atom. The van der Waals surface area contributed by atoms with Crippen molar-refractivity contribution >= 4 is 11.7 Å². The summed E-state index contributed by atoms with van der Waals surface area (Å²) in [5.74, 6) is 0.218. The lowest BCUT2D eigenvalue weighted by Crippen LogP contribution is -2.28. The van der Waals surface area contributed by atoms with Gasteiger partial charge in [-0.3, -0.25) is 9.78 Å². The second kappa shape index (κ2) is 7.81. The topological polar surface area (TPSA) is 93.6 Å². The largest absolute Gasteiger partial charge is 0.384 e. The molecule has 128 valence electrons. The molecule has 23 heavy (non-hydrogen) atoms. The molecule has 2 rings (SSSR count). The van der Waals surface area contributed by atoms with Gasteiger partial charge in [-0.2, -0.15) is 0 Å². The number of aliphatic hydroxyl groups excluding tert-OH is 1. The average molecular weight is 323 g/mol. The number of ether oxygens (including phenoxy) is 2. The highest BCUT2D eigenvalue weighted by Crippen LogP contribution is 2.18.